The monoisotopic (exact) mass is 674 g/mol. The van der Waals surface area contributed by atoms with Crippen molar-refractivity contribution in [2.75, 3.05) is 5.32 Å². The summed E-state index contributed by atoms with van der Waals surface area (Å²) in [4.78, 5) is 105. The van der Waals surface area contributed by atoms with Crippen LogP contribution in [0.5, 0.6) is 0 Å². The van der Waals surface area contributed by atoms with Crippen LogP contribution in [0.25, 0.3) is 0 Å². The van der Waals surface area contributed by atoms with E-state index in [0.717, 1.165) is 12.1 Å². The summed E-state index contributed by atoms with van der Waals surface area (Å²) in [6.07, 6.45) is 0.777. The molecule has 4 unspecified atom stereocenters. The van der Waals surface area contributed by atoms with Crippen LogP contribution in [-0.2, 0) is 40.0 Å². The van der Waals surface area contributed by atoms with Crippen molar-refractivity contribution in [3.05, 3.63) is 52.6 Å². The Hall–Kier alpha value is -5.88. The van der Waals surface area contributed by atoms with Gasteiger partial charge in [-0.3, -0.25) is 43.7 Å². The molecule has 19 nitrogen and oxygen atoms in total. The zero-order valence-electron chi connectivity index (χ0n) is 26.3. The van der Waals surface area contributed by atoms with E-state index < -0.39 is 83.4 Å². The SMILES string of the molecule is CC(=O)NC(CC(C)C)C(=O)NC(CCC(=O)O)C(=O)NC(Cc1cnc[nH]1)C(=O)NC(CC(=O)O)C(=O)Nc1ccc([N+](=O)[O-])cc1. The van der Waals surface area contributed by atoms with Crippen LogP contribution in [0.15, 0.2) is 36.8 Å². The van der Waals surface area contributed by atoms with Gasteiger partial charge >= 0.3 is 11.9 Å². The molecule has 0 fully saturated rings. The van der Waals surface area contributed by atoms with Gasteiger partial charge in [0, 0.05) is 49.5 Å². The van der Waals surface area contributed by atoms with Gasteiger partial charge in [-0.25, -0.2) is 4.98 Å². The Morgan fingerprint density at radius 1 is 0.833 bits per heavy atom. The smallest absolute Gasteiger partial charge is 0.305 e. The quantitative estimate of drug-likeness (QED) is 0.0713. The Balaban J connectivity index is 2.31. The lowest BCUT2D eigenvalue weighted by atomic mass is 10.0. The highest BCUT2D eigenvalue weighted by atomic mass is 16.6. The number of carboxylic acids is 2. The van der Waals surface area contributed by atoms with Gasteiger partial charge in [-0.1, -0.05) is 13.8 Å². The number of hydrogen-bond donors (Lipinski definition) is 8. The third kappa shape index (κ3) is 13.2. The van der Waals surface area contributed by atoms with Crippen molar-refractivity contribution in [2.45, 2.75) is 77.0 Å². The molecule has 260 valence electrons. The Bertz CT molecular complexity index is 1480. The molecule has 0 saturated carbocycles. The number of aliphatic carboxylic acids is 2. The summed E-state index contributed by atoms with van der Waals surface area (Å²) in [5.41, 5.74) is 0.156. The van der Waals surface area contributed by atoms with Crippen molar-refractivity contribution in [1.29, 1.82) is 0 Å². The maximum absolute atomic E-state index is 13.5. The first kappa shape index (κ1) is 38.3. The second-order valence-corrected chi connectivity index (χ2v) is 11.2. The van der Waals surface area contributed by atoms with E-state index in [4.69, 9.17) is 0 Å². The number of nitrogens with one attached hydrogen (secondary N) is 6. The number of aromatic amines is 1. The molecule has 48 heavy (non-hydrogen) atoms. The van der Waals surface area contributed by atoms with Crippen LogP contribution < -0.4 is 26.6 Å². The highest BCUT2D eigenvalue weighted by Gasteiger charge is 2.33. The molecular weight excluding hydrogens is 636 g/mol. The fraction of sp³-hybridized carbons (Fsp3) is 0.448. The van der Waals surface area contributed by atoms with Crippen LogP contribution >= 0.6 is 0 Å². The molecule has 0 bridgehead atoms. The highest BCUT2D eigenvalue weighted by Crippen LogP contribution is 2.16. The van der Waals surface area contributed by atoms with Gasteiger partial charge in [0.1, 0.15) is 24.2 Å². The van der Waals surface area contributed by atoms with Crippen LogP contribution in [-0.4, -0.2) is 90.7 Å². The van der Waals surface area contributed by atoms with Gasteiger partial charge in [0.15, 0.2) is 0 Å². The highest BCUT2D eigenvalue weighted by molar-refractivity contribution is 6.00. The number of carboxylic acid groups (broad SMARTS) is 2. The summed E-state index contributed by atoms with van der Waals surface area (Å²) < 4.78 is 0. The molecule has 4 atom stereocenters. The topological polar surface area (TPSA) is 292 Å². The molecule has 2 aromatic rings. The number of non-ortho nitro benzene ring substituents is 1. The van der Waals surface area contributed by atoms with E-state index in [2.05, 4.69) is 36.6 Å². The molecule has 0 radical (unpaired) electrons. The summed E-state index contributed by atoms with van der Waals surface area (Å²) in [5.74, 6) is -7.01. The maximum Gasteiger partial charge on any atom is 0.305 e. The summed E-state index contributed by atoms with van der Waals surface area (Å²) in [7, 11) is 0. The van der Waals surface area contributed by atoms with E-state index in [0.29, 0.717) is 5.69 Å². The zero-order chi connectivity index (χ0) is 36.0. The number of carbonyl (C=O) groups is 7. The number of anilines is 1. The number of amides is 5. The molecule has 5 amide bonds. The number of rotatable bonds is 19. The molecule has 0 aliphatic heterocycles. The predicted octanol–water partition coefficient (Wildman–Crippen LogP) is -0.156. The van der Waals surface area contributed by atoms with E-state index in [1.807, 2.05) is 0 Å². The number of nitro benzene ring substituents is 1. The van der Waals surface area contributed by atoms with Gasteiger partial charge in [-0.05, 0) is 30.9 Å². The summed E-state index contributed by atoms with van der Waals surface area (Å²) in [6, 6.07) is -1.06. The van der Waals surface area contributed by atoms with E-state index in [1.165, 1.54) is 31.6 Å². The molecule has 0 aliphatic carbocycles. The van der Waals surface area contributed by atoms with Crippen molar-refractivity contribution in [2.24, 2.45) is 5.92 Å². The van der Waals surface area contributed by atoms with Gasteiger partial charge in [-0.2, -0.15) is 0 Å². The van der Waals surface area contributed by atoms with Crippen molar-refractivity contribution in [1.82, 2.24) is 31.2 Å². The van der Waals surface area contributed by atoms with E-state index >= 15 is 0 Å². The fourth-order valence-electron chi connectivity index (χ4n) is 4.41. The van der Waals surface area contributed by atoms with Gasteiger partial charge < -0.3 is 41.8 Å². The first-order valence-corrected chi connectivity index (χ1v) is 14.7. The number of benzene rings is 1. The lowest BCUT2D eigenvalue weighted by Gasteiger charge is -2.26. The molecular formula is C29H38N8O11. The number of nitro groups is 1. The first-order chi connectivity index (χ1) is 22.5. The third-order valence-electron chi connectivity index (χ3n) is 6.65. The van der Waals surface area contributed by atoms with E-state index in [1.54, 1.807) is 13.8 Å². The Kier molecular flexibility index (Phi) is 14.6. The van der Waals surface area contributed by atoms with Crippen molar-refractivity contribution < 1.29 is 48.7 Å². The largest absolute Gasteiger partial charge is 0.481 e. The van der Waals surface area contributed by atoms with Gasteiger partial charge in [0.25, 0.3) is 5.69 Å². The Labute approximate surface area is 273 Å². The second kappa shape index (κ2) is 18.3. The normalized spacial score (nSPS) is 13.2. The van der Waals surface area contributed by atoms with Crippen molar-refractivity contribution in [3.63, 3.8) is 0 Å². The molecule has 19 heteroatoms. The minimum absolute atomic E-state index is 0.0438. The van der Waals surface area contributed by atoms with Gasteiger partial charge in [0.2, 0.25) is 29.5 Å². The lowest BCUT2D eigenvalue weighted by molar-refractivity contribution is -0.384. The van der Waals surface area contributed by atoms with Crippen LogP contribution in [0.3, 0.4) is 0 Å². The minimum atomic E-state index is -1.68. The molecule has 1 aromatic heterocycles. The van der Waals surface area contributed by atoms with Crippen molar-refractivity contribution >= 4 is 52.8 Å². The van der Waals surface area contributed by atoms with Crippen LogP contribution in [0.4, 0.5) is 11.4 Å². The van der Waals surface area contributed by atoms with E-state index in [9.17, 15) is 53.9 Å². The summed E-state index contributed by atoms with van der Waals surface area (Å²) >= 11 is 0. The molecule has 0 aliphatic rings. The number of H-pyrrole nitrogens is 1. The zero-order valence-corrected chi connectivity index (χ0v) is 26.3. The lowest BCUT2D eigenvalue weighted by Crippen LogP contribution is -2.58. The average molecular weight is 675 g/mol. The first-order valence-electron chi connectivity index (χ1n) is 14.7. The maximum atomic E-state index is 13.5. The van der Waals surface area contributed by atoms with Crippen molar-refractivity contribution in [3.8, 4) is 0 Å². The molecule has 8 N–H and O–H groups in total. The Morgan fingerprint density at radius 2 is 1.42 bits per heavy atom. The van der Waals surface area contributed by atoms with Gasteiger partial charge in [-0.15, -0.1) is 0 Å². The average Bonchev–Trinajstić information content (AvgIpc) is 3.50. The predicted molar refractivity (Wildman–Crippen MR) is 166 cm³/mol. The summed E-state index contributed by atoms with van der Waals surface area (Å²) in [5, 5.41) is 41.6. The number of carbonyl (C=O) groups excluding carboxylic acids is 5. The van der Waals surface area contributed by atoms with E-state index in [-0.39, 0.29) is 36.6 Å². The number of imidazole rings is 1. The van der Waals surface area contributed by atoms with Gasteiger partial charge in [0.05, 0.1) is 17.7 Å². The molecule has 2 rings (SSSR count). The van der Waals surface area contributed by atoms with Crippen LogP contribution in [0.1, 0.15) is 52.1 Å². The second-order valence-electron chi connectivity index (χ2n) is 11.2. The van der Waals surface area contributed by atoms with Crippen LogP contribution in [0.2, 0.25) is 0 Å². The molecule has 1 heterocycles. The molecule has 0 spiro atoms. The standard InChI is InChI=1S/C29H38N8O11/c1-15(2)10-21(32-16(3)38)28(45)34-20(8-9-24(39)40)26(43)35-22(11-18-13-30-14-31-18)29(46)36-23(12-25(41)42)27(44)33-17-4-6-19(7-5-17)37(47)48/h4-7,13-15,20-23H,8-12H2,1-3H3,(H,30,31)(H,32,38)(H,33,44)(H,34,45)(H,35,43)(H,36,46)(H,39,40)(H,41,42). The minimum Gasteiger partial charge on any atom is -0.481 e. The number of aromatic nitrogens is 2. The summed E-state index contributed by atoms with van der Waals surface area (Å²) in [6.45, 7) is 4.82. The fourth-order valence-corrected chi connectivity index (χ4v) is 4.41. The number of hydrogen-bond acceptors (Lipinski definition) is 10. The Morgan fingerprint density at radius 3 is 1.94 bits per heavy atom. The third-order valence-corrected chi connectivity index (χ3v) is 6.65. The number of nitrogens with zero attached hydrogens (tertiary/aromatic N) is 2. The molecule has 1 aromatic carbocycles. The van der Waals surface area contributed by atoms with Crippen LogP contribution in [0, 0.1) is 16.0 Å². The molecule has 0 saturated heterocycles.